The average Bonchev–Trinajstić information content (AvgIpc) is 2.28. The monoisotopic (exact) mass is 203 g/mol. The van der Waals surface area contributed by atoms with E-state index in [-0.39, 0.29) is 0 Å². The molecule has 1 atom stereocenters. The quantitative estimate of drug-likeness (QED) is 0.700. The molecular weight excluding hydrogens is 186 g/mol. The molecule has 0 bridgehead atoms. The Hall–Kier alpha value is -1.02. The van der Waals surface area contributed by atoms with Crippen molar-refractivity contribution >= 4 is 0 Å². The smallest absolute Gasteiger partial charge is 0.115 e. The number of hydrogen-bond acceptors (Lipinski definition) is 2. The Morgan fingerprint density at radius 3 is 3.07 bits per heavy atom. The van der Waals surface area contributed by atoms with Gasteiger partial charge in [0.2, 0.25) is 0 Å². The number of benzene rings is 1. The molecule has 0 aliphatic carbocycles. The molecule has 15 heavy (non-hydrogen) atoms. The molecule has 2 aliphatic rings. The van der Waals surface area contributed by atoms with E-state index in [0.717, 1.165) is 6.42 Å². The van der Waals surface area contributed by atoms with Crippen molar-refractivity contribution in [1.29, 1.82) is 0 Å². The normalized spacial score (nSPS) is 25.7. The minimum absolute atomic E-state index is 0.415. The first-order chi connectivity index (χ1) is 7.34. The van der Waals surface area contributed by atoms with E-state index in [2.05, 4.69) is 11.0 Å². The minimum atomic E-state index is 0.415. The maximum absolute atomic E-state index is 9.47. The van der Waals surface area contributed by atoms with Crippen LogP contribution in [0.4, 0.5) is 0 Å². The van der Waals surface area contributed by atoms with Crippen molar-refractivity contribution in [3.05, 3.63) is 29.3 Å². The van der Waals surface area contributed by atoms with E-state index in [9.17, 15) is 5.11 Å². The Morgan fingerprint density at radius 2 is 2.13 bits per heavy atom. The molecule has 0 amide bonds. The summed E-state index contributed by atoms with van der Waals surface area (Å²) in [5, 5.41) is 9.47. The van der Waals surface area contributed by atoms with Gasteiger partial charge >= 0.3 is 0 Å². The highest BCUT2D eigenvalue weighted by Gasteiger charge is 2.29. The van der Waals surface area contributed by atoms with Crippen LogP contribution in [0.1, 0.15) is 36.4 Å². The lowest BCUT2D eigenvalue weighted by molar-refractivity contribution is 0.138. The molecule has 0 spiro atoms. The first-order valence-corrected chi connectivity index (χ1v) is 5.90. The third-order valence-corrected chi connectivity index (χ3v) is 3.77. The predicted octanol–water partition coefficient (Wildman–Crippen LogP) is 2.48. The van der Waals surface area contributed by atoms with Gasteiger partial charge in [-0.2, -0.15) is 0 Å². The maximum Gasteiger partial charge on any atom is 0.115 e. The number of phenolic OH excluding ortho intramolecular Hbond substituents is 1. The van der Waals surface area contributed by atoms with E-state index in [1.165, 1.54) is 43.5 Å². The van der Waals surface area contributed by atoms with Crippen molar-refractivity contribution in [3.63, 3.8) is 0 Å². The molecule has 0 saturated carbocycles. The molecule has 2 aliphatic heterocycles. The summed E-state index contributed by atoms with van der Waals surface area (Å²) in [6.45, 7) is 2.42. The highest BCUT2D eigenvalue weighted by Crippen LogP contribution is 2.37. The molecule has 1 aromatic carbocycles. The molecule has 1 saturated heterocycles. The van der Waals surface area contributed by atoms with Crippen molar-refractivity contribution in [1.82, 2.24) is 4.90 Å². The van der Waals surface area contributed by atoms with Gasteiger partial charge in [0, 0.05) is 12.6 Å². The Bertz CT molecular complexity index is 375. The topological polar surface area (TPSA) is 23.5 Å². The number of rotatable bonds is 0. The van der Waals surface area contributed by atoms with E-state index < -0.39 is 0 Å². The maximum atomic E-state index is 9.47. The molecule has 0 aromatic heterocycles. The highest BCUT2D eigenvalue weighted by molar-refractivity contribution is 5.38. The van der Waals surface area contributed by atoms with Crippen molar-refractivity contribution in [2.24, 2.45) is 0 Å². The minimum Gasteiger partial charge on any atom is -0.508 e. The third kappa shape index (κ3) is 1.53. The van der Waals surface area contributed by atoms with Crippen LogP contribution >= 0.6 is 0 Å². The lowest BCUT2D eigenvalue weighted by Crippen LogP contribution is -2.38. The largest absolute Gasteiger partial charge is 0.508 e. The second-order valence-corrected chi connectivity index (χ2v) is 4.68. The summed E-state index contributed by atoms with van der Waals surface area (Å²) in [6.07, 6.45) is 5.09. The van der Waals surface area contributed by atoms with E-state index in [0.29, 0.717) is 11.8 Å². The van der Waals surface area contributed by atoms with Gasteiger partial charge in [0.25, 0.3) is 0 Å². The Balaban J connectivity index is 1.99. The summed E-state index contributed by atoms with van der Waals surface area (Å²) in [4.78, 5) is 2.60. The molecule has 2 heterocycles. The van der Waals surface area contributed by atoms with Gasteiger partial charge in [0.15, 0.2) is 0 Å². The fourth-order valence-electron chi connectivity index (χ4n) is 3.01. The van der Waals surface area contributed by atoms with Crippen molar-refractivity contribution < 1.29 is 5.11 Å². The molecular formula is C13H17NO. The van der Waals surface area contributed by atoms with Crippen LogP contribution in [0.25, 0.3) is 0 Å². The van der Waals surface area contributed by atoms with Crippen LogP contribution < -0.4 is 0 Å². The molecule has 3 rings (SSSR count). The number of nitrogens with zero attached hydrogens (tertiary/aromatic N) is 1. The van der Waals surface area contributed by atoms with Gasteiger partial charge in [-0.15, -0.1) is 0 Å². The highest BCUT2D eigenvalue weighted by atomic mass is 16.3. The summed E-state index contributed by atoms with van der Waals surface area (Å²) >= 11 is 0. The fourth-order valence-corrected chi connectivity index (χ4v) is 3.01. The first-order valence-electron chi connectivity index (χ1n) is 5.90. The number of aromatic hydroxyl groups is 1. The Labute approximate surface area is 90.5 Å². The number of fused-ring (bicyclic) bond motifs is 3. The molecule has 0 radical (unpaired) electrons. The lowest BCUT2D eigenvalue weighted by Gasteiger charge is -2.40. The van der Waals surface area contributed by atoms with Crippen LogP contribution in [-0.2, 0) is 6.42 Å². The number of piperidine rings is 1. The molecule has 1 fully saturated rings. The second-order valence-electron chi connectivity index (χ2n) is 4.68. The number of hydrogen-bond donors (Lipinski definition) is 1. The zero-order chi connectivity index (χ0) is 10.3. The molecule has 1 N–H and O–H groups in total. The zero-order valence-electron chi connectivity index (χ0n) is 8.95. The van der Waals surface area contributed by atoms with Crippen LogP contribution in [0.5, 0.6) is 5.75 Å². The van der Waals surface area contributed by atoms with Gasteiger partial charge < -0.3 is 5.11 Å². The summed E-state index contributed by atoms with van der Waals surface area (Å²) in [6, 6.07) is 6.52. The number of phenols is 1. The van der Waals surface area contributed by atoms with E-state index in [1.54, 1.807) is 0 Å². The van der Waals surface area contributed by atoms with Gasteiger partial charge in [-0.05, 0) is 49.1 Å². The molecule has 1 unspecified atom stereocenters. The zero-order valence-corrected chi connectivity index (χ0v) is 8.95. The van der Waals surface area contributed by atoms with Crippen LogP contribution in [0.15, 0.2) is 18.2 Å². The standard InChI is InChI=1S/C13H17NO/c15-11-4-5-12-10(9-11)6-8-14-7-2-1-3-13(12)14/h4-5,9,13,15H,1-3,6-8H2. The molecule has 1 aromatic rings. The predicted molar refractivity (Wildman–Crippen MR) is 60.0 cm³/mol. The van der Waals surface area contributed by atoms with Crippen LogP contribution in [0.2, 0.25) is 0 Å². The molecule has 2 nitrogen and oxygen atoms in total. The molecule has 80 valence electrons. The van der Waals surface area contributed by atoms with Gasteiger partial charge in [0.1, 0.15) is 5.75 Å². The van der Waals surface area contributed by atoms with Crippen molar-refractivity contribution in [2.45, 2.75) is 31.7 Å². The summed E-state index contributed by atoms with van der Waals surface area (Å²) < 4.78 is 0. The van der Waals surface area contributed by atoms with E-state index >= 15 is 0 Å². The Kier molecular flexibility index (Phi) is 2.17. The fraction of sp³-hybridized carbons (Fsp3) is 0.538. The van der Waals surface area contributed by atoms with Gasteiger partial charge in [0.05, 0.1) is 0 Å². The van der Waals surface area contributed by atoms with Gasteiger partial charge in [-0.3, -0.25) is 4.90 Å². The van der Waals surface area contributed by atoms with Crippen LogP contribution in [0, 0.1) is 0 Å². The summed E-state index contributed by atoms with van der Waals surface area (Å²) in [5.74, 6) is 0.415. The van der Waals surface area contributed by atoms with Gasteiger partial charge in [-0.25, -0.2) is 0 Å². The van der Waals surface area contributed by atoms with E-state index in [1.807, 2.05) is 12.1 Å². The summed E-state index contributed by atoms with van der Waals surface area (Å²) in [5.41, 5.74) is 2.82. The van der Waals surface area contributed by atoms with Crippen molar-refractivity contribution in [2.75, 3.05) is 13.1 Å². The van der Waals surface area contributed by atoms with Gasteiger partial charge in [-0.1, -0.05) is 12.5 Å². The first kappa shape index (κ1) is 9.22. The molecule has 2 heteroatoms. The lowest BCUT2D eigenvalue weighted by atomic mass is 9.87. The summed E-state index contributed by atoms with van der Waals surface area (Å²) in [7, 11) is 0. The van der Waals surface area contributed by atoms with E-state index in [4.69, 9.17) is 0 Å². The van der Waals surface area contributed by atoms with Crippen LogP contribution in [0.3, 0.4) is 0 Å². The Morgan fingerprint density at radius 1 is 1.20 bits per heavy atom. The van der Waals surface area contributed by atoms with Crippen molar-refractivity contribution in [3.8, 4) is 5.75 Å². The third-order valence-electron chi connectivity index (χ3n) is 3.77. The second kappa shape index (κ2) is 3.53. The average molecular weight is 203 g/mol. The SMILES string of the molecule is Oc1ccc2c(c1)CCN1CCCCC21. The van der Waals surface area contributed by atoms with Crippen LogP contribution in [-0.4, -0.2) is 23.1 Å².